The summed E-state index contributed by atoms with van der Waals surface area (Å²) < 4.78 is 5.57. The zero-order valence-corrected chi connectivity index (χ0v) is 30.0. The number of hydrogen-bond donors (Lipinski definition) is 2. The first-order valence-electron chi connectivity index (χ1n) is 15.5. The average Bonchev–Trinajstić information content (AvgIpc) is 3.44. The SMILES string of the molecule is C=O.CC.CC(=O)c1cc2ccc(O)cc2s1.CC(=O)c1ccc(C)cc1.CCCC(C)CC(C)CC(=O)OC.CCCC=N. The highest BCUT2D eigenvalue weighted by molar-refractivity contribution is 7.20. The van der Waals surface area contributed by atoms with Crippen molar-refractivity contribution in [1.82, 2.24) is 0 Å². The summed E-state index contributed by atoms with van der Waals surface area (Å²) in [5.74, 6) is 1.53. The summed E-state index contributed by atoms with van der Waals surface area (Å²) in [4.78, 5) is 41.5. The number of phenols is 1. The molecule has 2 aromatic carbocycles. The normalized spacial score (nSPS) is 10.5. The number of fused-ring (bicyclic) bond motifs is 1. The van der Waals surface area contributed by atoms with Crippen LogP contribution in [0.15, 0.2) is 48.5 Å². The van der Waals surface area contributed by atoms with E-state index in [4.69, 9.17) is 10.2 Å². The predicted octanol–water partition coefficient (Wildman–Crippen LogP) is 10.3. The molecule has 0 fully saturated rings. The van der Waals surface area contributed by atoms with Crippen molar-refractivity contribution in [3.05, 3.63) is 64.5 Å². The number of carbonyl (C=O) groups excluding carboxylic acids is 4. The summed E-state index contributed by atoms with van der Waals surface area (Å²) in [6.07, 6.45) is 7.63. The second-order valence-corrected chi connectivity index (χ2v) is 11.4. The fraction of sp³-hybridized carbons (Fsp3) is 0.486. The van der Waals surface area contributed by atoms with E-state index in [-0.39, 0.29) is 23.3 Å². The Morgan fingerprint density at radius 1 is 0.933 bits per heavy atom. The lowest BCUT2D eigenvalue weighted by molar-refractivity contribution is -0.141. The third-order valence-corrected chi connectivity index (χ3v) is 7.27. The van der Waals surface area contributed by atoms with Crippen molar-refractivity contribution in [2.75, 3.05) is 7.11 Å². The molecule has 3 rings (SSSR count). The van der Waals surface area contributed by atoms with Crippen LogP contribution in [0.5, 0.6) is 5.75 Å². The molecule has 1 heterocycles. The Hall–Kier alpha value is -3.65. The van der Waals surface area contributed by atoms with Gasteiger partial charge in [-0.1, -0.05) is 90.6 Å². The van der Waals surface area contributed by atoms with E-state index in [2.05, 4.69) is 32.4 Å². The minimum absolute atomic E-state index is 0.0701. The van der Waals surface area contributed by atoms with Crippen LogP contribution in [-0.4, -0.2) is 42.8 Å². The van der Waals surface area contributed by atoms with Crippen molar-refractivity contribution in [3.63, 3.8) is 0 Å². The number of hydrogen-bond acceptors (Lipinski definition) is 8. The topological polar surface area (TPSA) is 122 Å². The summed E-state index contributed by atoms with van der Waals surface area (Å²) in [6.45, 7) is 19.7. The van der Waals surface area contributed by atoms with Crippen molar-refractivity contribution >= 4 is 52.0 Å². The summed E-state index contributed by atoms with van der Waals surface area (Å²) >= 11 is 1.41. The number of ketones is 2. The van der Waals surface area contributed by atoms with E-state index < -0.39 is 0 Å². The van der Waals surface area contributed by atoms with E-state index in [0.29, 0.717) is 12.3 Å². The zero-order chi connectivity index (χ0) is 35.4. The minimum atomic E-state index is -0.0869. The number of benzene rings is 2. The zero-order valence-electron chi connectivity index (χ0n) is 29.2. The average molecular weight is 644 g/mol. The number of nitrogens with one attached hydrogen (secondary N) is 1. The van der Waals surface area contributed by atoms with Crippen LogP contribution in [0.1, 0.15) is 120 Å². The molecular formula is C37H57NO6S. The van der Waals surface area contributed by atoms with Crippen LogP contribution in [0.3, 0.4) is 0 Å². The molecule has 2 atom stereocenters. The standard InChI is InChI=1S/C11H22O2.C10H8O2S.C9H10O.C4H9N.C2H6.CH2O/c1-5-6-9(2)7-10(3)8-11(12)13-4;1-6(11)9-4-7-2-3-8(12)5-10(7)13-9;1-7-3-5-9(6-4-7)8(2)10;1-2-3-4-5;2*1-2/h9-10H,5-8H2,1-4H3;2-5,12H,1H3;3-6H,1-2H3;4-5H,2-3H2,1H3;1-2H3;1H2. The highest BCUT2D eigenvalue weighted by Gasteiger charge is 2.12. The summed E-state index contributed by atoms with van der Waals surface area (Å²) in [5.41, 5.74) is 1.97. The predicted molar refractivity (Wildman–Crippen MR) is 191 cm³/mol. The van der Waals surface area contributed by atoms with Crippen molar-refractivity contribution in [2.24, 2.45) is 11.8 Å². The Morgan fingerprint density at radius 3 is 1.93 bits per heavy atom. The van der Waals surface area contributed by atoms with Crippen LogP contribution < -0.4 is 0 Å². The molecule has 0 radical (unpaired) electrons. The van der Waals surface area contributed by atoms with Crippen molar-refractivity contribution in [1.29, 1.82) is 5.41 Å². The molecule has 0 spiro atoms. The lowest BCUT2D eigenvalue weighted by Gasteiger charge is -2.15. The Balaban J connectivity index is -0.000000523. The quantitative estimate of drug-likeness (QED) is 0.129. The second-order valence-electron chi connectivity index (χ2n) is 10.3. The van der Waals surface area contributed by atoms with E-state index in [1.165, 1.54) is 43.1 Å². The van der Waals surface area contributed by atoms with E-state index in [0.717, 1.165) is 45.7 Å². The lowest BCUT2D eigenvalue weighted by atomic mass is 9.92. The van der Waals surface area contributed by atoms with E-state index >= 15 is 0 Å². The number of phenolic OH excluding ortho intramolecular Hbond substituents is 1. The third kappa shape index (κ3) is 23.4. The van der Waals surface area contributed by atoms with E-state index in [1.54, 1.807) is 26.0 Å². The van der Waals surface area contributed by atoms with Gasteiger partial charge < -0.3 is 20.0 Å². The smallest absolute Gasteiger partial charge is 0.305 e. The minimum Gasteiger partial charge on any atom is -0.508 e. The third-order valence-electron chi connectivity index (χ3n) is 6.07. The Labute approximate surface area is 275 Å². The van der Waals surface area contributed by atoms with Gasteiger partial charge in [0.25, 0.3) is 0 Å². The first kappa shape index (κ1) is 45.8. The summed E-state index contributed by atoms with van der Waals surface area (Å²) in [7, 11) is 1.45. The molecule has 2 N–H and O–H groups in total. The van der Waals surface area contributed by atoms with Crippen molar-refractivity contribution in [2.45, 2.75) is 101 Å². The molecule has 252 valence electrons. The molecule has 0 saturated heterocycles. The van der Waals surface area contributed by atoms with E-state index in [9.17, 15) is 19.5 Å². The first-order chi connectivity index (χ1) is 21.4. The van der Waals surface area contributed by atoms with Crippen molar-refractivity contribution < 1.29 is 29.0 Å². The van der Waals surface area contributed by atoms with Gasteiger partial charge in [-0.05, 0) is 81.3 Å². The van der Waals surface area contributed by atoms with Crippen molar-refractivity contribution in [3.8, 4) is 5.75 Å². The molecule has 7 nitrogen and oxygen atoms in total. The molecule has 3 aromatic rings. The molecule has 45 heavy (non-hydrogen) atoms. The molecule has 0 aliphatic carbocycles. The number of esters is 1. The van der Waals surface area contributed by atoms with Gasteiger partial charge in [-0.25, -0.2) is 0 Å². The fourth-order valence-electron chi connectivity index (χ4n) is 3.87. The number of Topliss-reactive ketones (excluding diaryl/α,β-unsaturated/α-hetero) is 2. The molecule has 1 aromatic heterocycles. The fourth-order valence-corrected chi connectivity index (χ4v) is 4.87. The van der Waals surface area contributed by atoms with Gasteiger partial charge in [-0.3, -0.25) is 14.4 Å². The van der Waals surface area contributed by atoms with Crippen LogP contribution in [0.25, 0.3) is 10.1 Å². The van der Waals surface area contributed by atoms with Crippen LogP contribution in [0, 0.1) is 24.2 Å². The Morgan fingerprint density at radius 2 is 1.51 bits per heavy atom. The van der Waals surface area contributed by atoms with E-state index in [1.807, 2.05) is 64.0 Å². The molecule has 8 heteroatoms. The number of thiophene rings is 1. The lowest BCUT2D eigenvalue weighted by Crippen LogP contribution is -2.10. The van der Waals surface area contributed by atoms with Gasteiger partial charge in [-0.15, -0.1) is 11.3 Å². The van der Waals surface area contributed by atoms with Gasteiger partial charge in [-0.2, -0.15) is 0 Å². The van der Waals surface area contributed by atoms with Gasteiger partial charge in [0.05, 0.1) is 12.0 Å². The number of ether oxygens (including phenoxy) is 1. The van der Waals surface area contributed by atoms with Gasteiger partial charge in [0, 0.05) is 16.7 Å². The molecule has 2 unspecified atom stereocenters. The highest BCUT2D eigenvalue weighted by Crippen LogP contribution is 2.28. The van der Waals surface area contributed by atoms with Gasteiger partial charge in [0.1, 0.15) is 12.5 Å². The Bertz CT molecular complexity index is 1220. The first-order valence-corrected chi connectivity index (χ1v) is 16.4. The van der Waals surface area contributed by atoms with Gasteiger partial charge in [0.2, 0.25) is 0 Å². The van der Waals surface area contributed by atoms with Crippen LogP contribution in [0.4, 0.5) is 0 Å². The summed E-state index contributed by atoms with van der Waals surface area (Å²) in [6, 6.07) is 14.5. The number of aromatic hydroxyl groups is 1. The van der Waals surface area contributed by atoms with Gasteiger partial charge in [0.15, 0.2) is 11.6 Å². The number of unbranched alkanes of at least 4 members (excludes halogenated alkanes) is 1. The molecule has 0 aliphatic heterocycles. The monoisotopic (exact) mass is 643 g/mol. The number of aryl methyl sites for hydroxylation is 1. The number of carbonyl (C=O) groups is 4. The molecule has 0 bridgehead atoms. The maximum absolute atomic E-state index is 11.0. The molecule has 0 aliphatic rings. The second kappa shape index (κ2) is 29.1. The Kier molecular flexibility index (Phi) is 29.6. The van der Waals surface area contributed by atoms with Gasteiger partial charge >= 0.3 is 5.97 Å². The largest absolute Gasteiger partial charge is 0.508 e. The number of rotatable bonds is 10. The maximum Gasteiger partial charge on any atom is 0.305 e. The molecule has 0 saturated carbocycles. The maximum atomic E-state index is 11.0. The summed E-state index contributed by atoms with van der Waals surface area (Å²) in [5, 5.41) is 16.7. The van der Waals surface area contributed by atoms with Crippen LogP contribution in [0.2, 0.25) is 0 Å². The van der Waals surface area contributed by atoms with Crippen LogP contribution in [-0.2, 0) is 14.3 Å². The molecule has 0 amide bonds. The molecular weight excluding hydrogens is 586 g/mol. The highest BCUT2D eigenvalue weighted by atomic mass is 32.1. The van der Waals surface area contributed by atoms with Crippen LogP contribution >= 0.6 is 11.3 Å². The number of methoxy groups -OCH3 is 1.